The summed E-state index contributed by atoms with van der Waals surface area (Å²) in [5, 5.41) is 2.35. The maximum atomic E-state index is 13.2. The van der Waals surface area contributed by atoms with Crippen molar-refractivity contribution >= 4 is 21.6 Å². The number of nitrogens with zero attached hydrogens (tertiary/aromatic N) is 1. The number of amides is 1. The number of rotatable bonds is 4. The Labute approximate surface area is 149 Å². The molecule has 0 atom stereocenters. The van der Waals surface area contributed by atoms with Crippen LogP contribution in [-0.2, 0) is 14.8 Å². The van der Waals surface area contributed by atoms with E-state index >= 15 is 0 Å². The summed E-state index contributed by atoms with van der Waals surface area (Å²) in [7, 11) is -3.75. The van der Waals surface area contributed by atoms with Crippen molar-refractivity contribution in [2.24, 2.45) is 0 Å². The third-order valence-electron chi connectivity index (χ3n) is 3.82. The van der Waals surface area contributed by atoms with Crippen molar-refractivity contribution in [3.63, 3.8) is 0 Å². The number of morpholine rings is 1. The molecule has 0 bridgehead atoms. The van der Waals surface area contributed by atoms with E-state index in [4.69, 9.17) is 4.74 Å². The Hall–Kier alpha value is -2.36. The highest BCUT2D eigenvalue weighted by molar-refractivity contribution is 7.89. The van der Waals surface area contributed by atoms with Gasteiger partial charge in [-0.15, -0.1) is 0 Å². The van der Waals surface area contributed by atoms with Gasteiger partial charge in [-0.3, -0.25) is 4.79 Å². The van der Waals surface area contributed by atoms with E-state index in [9.17, 15) is 22.0 Å². The number of ether oxygens (including phenoxy) is 1. The maximum absolute atomic E-state index is 13.2. The smallest absolute Gasteiger partial charge is 0.255 e. The molecule has 6 nitrogen and oxygen atoms in total. The standard InChI is InChI=1S/C17H16F2N2O4S/c18-13-9-14(19)11-15(10-13)20-17(22)12-2-1-3-16(8-12)26(23,24)21-4-6-25-7-5-21/h1-3,8-11H,4-7H2,(H,20,22). The van der Waals surface area contributed by atoms with Crippen LogP contribution in [0.1, 0.15) is 10.4 Å². The van der Waals surface area contributed by atoms with Crippen LogP contribution in [0.15, 0.2) is 47.4 Å². The molecule has 1 aliphatic rings. The number of hydrogen-bond donors (Lipinski definition) is 1. The maximum Gasteiger partial charge on any atom is 0.255 e. The van der Waals surface area contributed by atoms with E-state index in [0.29, 0.717) is 19.3 Å². The van der Waals surface area contributed by atoms with Crippen LogP contribution >= 0.6 is 0 Å². The largest absolute Gasteiger partial charge is 0.379 e. The topological polar surface area (TPSA) is 75.7 Å². The summed E-state index contributed by atoms with van der Waals surface area (Å²) < 4.78 is 58.2. The van der Waals surface area contributed by atoms with E-state index in [2.05, 4.69) is 5.32 Å². The molecule has 1 amide bonds. The van der Waals surface area contributed by atoms with Crippen LogP contribution in [0.3, 0.4) is 0 Å². The van der Waals surface area contributed by atoms with Gasteiger partial charge in [0.25, 0.3) is 5.91 Å². The Morgan fingerprint density at radius 3 is 2.35 bits per heavy atom. The molecule has 0 radical (unpaired) electrons. The van der Waals surface area contributed by atoms with Gasteiger partial charge in [-0.05, 0) is 30.3 Å². The normalized spacial score (nSPS) is 15.6. The minimum atomic E-state index is -3.75. The molecular formula is C17H16F2N2O4S. The van der Waals surface area contributed by atoms with E-state index in [1.165, 1.54) is 28.6 Å². The predicted molar refractivity (Wildman–Crippen MR) is 90.3 cm³/mol. The molecule has 0 aromatic heterocycles. The molecule has 1 fully saturated rings. The minimum Gasteiger partial charge on any atom is -0.379 e. The van der Waals surface area contributed by atoms with Crippen molar-refractivity contribution in [3.05, 3.63) is 59.7 Å². The number of hydrogen-bond acceptors (Lipinski definition) is 4. The van der Waals surface area contributed by atoms with E-state index in [0.717, 1.165) is 12.1 Å². The van der Waals surface area contributed by atoms with Gasteiger partial charge in [-0.2, -0.15) is 4.31 Å². The molecule has 0 aliphatic carbocycles. The zero-order valence-corrected chi connectivity index (χ0v) is 14.4. The van der Waals surface area contributed by atoms with Crippen molar-refractivity contribution in [1.82, 2.24) is 4.31 Å². The summed E-state index contributed by atoms with van der Waals surface area (Å²) in [6.07, 6.45) is 0. The number of carbonyl (C=O) groups is 1. The van der Waals surface area contributed by atoms with Crippen LogP contribution in [0.5, 0.6) is 0 Å². The lowest BCUT2D eigenvalue weighted by molar-refractivity contribution is 0.0730. The number of anilines is 1. The molecule has 9 heteroatoms. The number of carbonyl (C=O) groups excluding carboxylic acids is 1. The van der Waals surface area contributed by atoms with Crippen molar-refractivity contribution < 1.29 is 26.7 Å². The molecule has 3 rings (SSSR count). The third kappa shape index (κ3) is 4.06. The van der Waals surface area contributed by atoms with Gasteiger partial charge >= 0.3 is 0 Å². The zero-order valence-electron chi connectivity index (χ0n) is 13.6. The first kappa shape index (κ1) is 18.4. The average Bonchev–Trinajstić information content (AvgIpc) is 2.61. The molecule has 1 N–H and O–H groups in total. The Balaban J connectivity index is 1.83. The molecule has 1 aliphatic heterocycles. The molecule has 26 heavy (non-hydrogen) atoms. The SMILES string of the molecule is O=C(Nc1cc(F)cc(F)c1)c1cccc(S(=O)(=O)N2CCOCC2)c1. The highest BCUT2D eigenvalue weighted by atomic mass is 32.2. The fourth-order valence-corrected chi connectivity index (χ4v) is 4.02. The van der Waals surface area contributed by atoms with Crippen LogP contribution in [0.2, 0.25) is 0 Å². The Morgan fingerprint density at radius 1 is 1.04 bits per heavy atom. The quantitative estimate of drug-likeness (QED) is 0.880. The lowest BCUT2D eigenvalue weighted by Crippen LogP contribution is -2.40. The molecule has 1 saturated heterocycles. The fraction of sp³-hybridized carbons (Fsp3) is 0.235. The predicted octanol–water partition coefficient (Wildman–Crippen LogP) is 2.24. The van der Waals surface area contributed by atoms with Gasteiger partial charge in [0.05, 0.1) is 18.1 Å². The van der Waals surface area contributed by atoms with Crippen molar-refractivity contribution in [3.8, 4) is 0 Å². The minimum absolute atomic E-state index is 0.0301. The second-order valence-electron chi connectivity index (χ2n) is 5.66. The van der Waals surface area contributed by atoms with Gasteiger partial charge in [-0.1, -0.05) is 6.07 Å². The summed E-state index contributed by atoms with van der Waals surface area (Å²) in [4.78, 5) is 12.3. The lowest BCUT2D eigenvalue weighted by Gasteiger charge is -2.26. The number of halogens is 2. The molecule has 1 heterocycles. The van der Waals surface area contributed by atoms with Gasteiger partial charge in [0, 0.05) is 30.4 Å². The monoisotopic (exact) mass is 382 g/mol. The molecule has 2 aromatic carbocycles. The highest BCUT2D eigenvalue weighted by Crippen LogP contribution is 2.20. The number of nitrogens with one attached hydrogen (secondary N) is 1. The van der Waals surface area contributed by atoms with Crippen molar-refractivity contribution in [2.75, 3.05) is 31.6 Å². The first-order chi connectivity index (χ1) is 12.4. The van der Waals surface area contributed by atoms with Gasteiger partial charge in [-0.25, -0.2) is 17.2 Å². The summed E-state index contributed by atoms with van der Waals surface area (Å²) in [5.41, 5.74) is -0.00190. The number of sulfonamides is 1. The highest BCUT2D eigenvalue weighted by Gasteiger charge is 2.26. The van der Waals surface area contributed by atoms with Gasteiger partial charge in [0.2, 0.25) is 10.0 Å². The first-order valence-electron chi connectivity index (χ1n) is 7.82. The van der Waals surface area contributed by atoms with E-state index in [1.807, 2.05) is 0 Å². The molecule has 0 unspecified atom stereocenters. The Kier molecular flexibility index (Phi) is 5.30. The molecule has 2 aromatic rings. The Morgan fingerprint density at radius 2 is 1.69 bits per heavy atom. The Bertz CT molecular complexity index is 908. The first-order valence-corrected chi connectivity index (χ1v) is 9.26. The van der Waals surface area contributed by atoms with Crippen LogP contribution in [-0.4, -0.2) is 44.9 Å². The van der Waals surface area contributed by atoms with E-state index < -0.39 is 27.6 Å². The third-order valence-corrected chi connectivity index (χ3v) is 5.72. The van der Waals surface area contributed by atoms with Crippen molar-refractivity contribution in [1.29, 1.82) is 0 Å². The zero-order chi connectivity index (χ0) is 18.7. The lowest BCUT2D eigenvalue weighted by atomic mass is 10.2. The summed E-state index contributed by atoms with van der Waals surface area (Å²) >= 11 is 0. The molecule has 0 saturated carbocycles. The van der Waals surface area contributed by atoms with Gasteiger partial charge in [0.1, 0.15) is 11.6 Å². The summed E-state index contributed by atoms with van der Waals surface area (Å²) in [6, 6.07) is 8.10. The second-order valence-corrected chi connectivity index (χ2v) is 7.59. The molecule has 138 valence electrons. The van der Waals surface area contributed by atoms with E-state index in [-0.39, 0.29) is 29.2 Å². The second kappa shape index (κ2) is 7.48. The molecule has 0 spiro atoms. The van der Waals surface area contributed by atoms with Crippen molar-refractivity contribution in [2.45, 2.75) is 4.90 Å². The summed E-state index contributed by atoms with van der Waals surface area (Å²) in [6.45, 7) is 1.09. The molecular weight excluding hydrogens is 366 g/mol. The van der Waals surface area contributed by atoms with Crippen LogP contribution in [0.25, 0.3) is 0 Å². The average molecular weight is 382 g/mol. The fourth-order valence-electron chi connectivity index (χ4n) is 2.56. The summed E-state index contributed by atoms with van der Waals surface area (Å²) in [5.74, 6) is -2.33. The van der Waals surface area contributed by atoms with Crippen LogP contribution in [0, 0.1) is 11.6 Å². The van der Waals surface area contributed by atoms with Gasteiger partial charge in [0.15, 0.2) is 0 Å². The van der Waals surface area contributed by atoms with Crippen LogP contribution < -0.4 is 5.32 Å². The van der Waals surface area contributed by atoms with E-state index in [1.54, 1.807) is 0 Å². The van der Waals surface area contributed by atoms with Crippen LogP contribution in [0.4, 0.5) is 14.5 Å². The van der Waals surface area contributed by atoms with Gasteiger partial charge < -0.3 is 10.1 Å². The number of benzene rings is 2.